The van der Waals surface area contributed by atoms with Crippen LogP contribution in [0.25, 0.3) is 22.2 Å². The number of aromatic nitrogens is 2. The number of nitrogens with zero attached hydrogens (tertiary/aromatic N) is 1. The van der Waals surface area contributed by atoms with Crippen LogP contribution in [0.5, 0.6) is 0 Å². The zero-order valence-corrected chi connectivity index (χ0v) is 12.1. The predicted octanol–water partition coefficient (Wildman–Crippen LogP) is 3.79. The van der Waals surface area contributed by atoms with Crippen LogP contribution in [0.15, 0.2) is 36.7 Å². The third-order valence-corrected chi connectivity index (χ3v) is 3.78. The Labute approximate surface area is 127 Å². The van der Waals surface area contributed by atoms with Crippen molar-refractivity contribution in [2.75, 3.05) is 6.54 Å². The molecule has 5 heteroatoms. The summed E-state index contributed by atoms with van der Waals surface area (Å²) in [6, 6.07) is 5.99. The normalized spacial score (nSPS) is 11.2. The Bertz CT molecular complexity index is 781. The third kappa shape index (κ3) is 2.72. The van der Waals surface area contributed by atoms with Crippen molar-refractivity contribution in [1.29, 1.82) is 0 Å². The maximum Gasteiger partial charge on any atom is 0.150 e. The number of rotatable bonds is 5. The Morgan fingerprint density at radius 2 is 1.86 bits per heavy atom. The van der Waals surface area contributed by atoms with Crippen molar-refractivity contribution in [3.63, 3.8) is 0 Å². The van der Waals surface area contributed by atoms with Crippen LogP contribution in [0.4, 0.5) is 8.78 Å². The molecule has 0 atom stereocenters. The highest BCUT2D eigenvalue weighted by molar-refractivity contribution is 5.91. The summed E-state index contributed by atoms with van der Waals surface area (Å²) in [5.41, 5.74) is 8.54. The zero-order valence-electron chi connectivity index (χ0n) is 12.1. The van der Waals surface area contributed by atoms with Gasteiger partial charge in [-0.2, -0.15) is 0 Å². The molecule has 1 aromatic carbocycles. The van der Waals surface area contributed by atoms with Gasteiger partial charge in [-0.05, 0) is 49.6 Å². The number of nitrogens with one attached hydrogen (secondary N) is 1. The first-order chi connectivity index (χ1) is 10.7. The molecule has 3 rings (SSSR count). The van der Waals surface area contributed by atoms with E-state index in [4.69, 9.17) is 5.73 Å². The Hall–Kier alpha value is -2.27. The van der Waals surface area contributed by atoms with E-state index in [2.05, 4.69) is 9.97 Å². The number of pyridine rings is 1. The van der Waals surface area contributed by atoms with Gasteiger partial charge in [0.15, 0.2) is 0 Å². The van der Waals surface area contributed by atoms with E-state index in [-0.39, 0.29) is 0 Å². The number of benzene rings is 1. The van der Waals surface area contributed by atoms with Gasteiger partial charge < -0.3 is 10.7 Å². The quantitative estimate of drug-likeness (QED) is 0.704. The standard InChI is InChI=1S/C17H17F2N3/c18-12-9-14-13(3-1-2-6-20)16(11-4-7-21-8-5-11)22-17(14)15(19)10-12/h4-5,7-10,22H,1-3,6,20H2. The summed E-state index contributed by atoms with van der Waals surface area (Å²) in [6.45, 7) is 0.607. The Balaban J connectivity index is 2.17. The summed E-state index contributed by atoms with van der Waals surface area (Å²) in [7, 11) is 0. The molecule has 0 unspecified atom stereocenters. The molecule has 3 nitrogen and oxygen atoms in total. The lowest BCUT2D eigenvalue weighted by molar-refractivity contribution is 0.591. The number of fused-ring (bicyclic) bond motifs is 1. The van der Waals surface area contributed by atoms with Crippen LogP contribution < -0.4 is 5.73 Å². The van der Waals surface area contributed by atoms with Gasteiger partial charge >= 0.3 is 0 Å². The molecule has 0 radical (unpaired) electrons. The summed E-state index contributed by atoms with van der Waals surface area (Å²) in [5.74, 6) is -1.14. The van der Waals surface area contributed by atoms with Crippen molar-refractivity contribution in [2.24, 2.45) is 5.73 Å². The molecule has 0 spiro atoms. The van der Waals surface area contributed by atoms with Gasteiger partial charge in [-0.15, -0.1) is 0 Å². The van der Waals surface area contributed by atoms with Crippen LogP contribution in [0, 0.1) is 11.6 Å². The molecular weight excluding hydrogens is 284 g/mol. The molecule has 0 aliphatic rings. The SMILES string of the molecule is NCCCCc1c(-c2ccncc2)[nH]c2c(F)cc(F)cc12. The molecule has 2 heterocycles. The molecule has 3 aromatic rings. The van der Waals surface area contributed by atoms with Gasteiger partial charge in [0, 0.05) is 35.1 Å². The van der Waals surface area contributed by atoms with E-state index in [9.17, 15) is 8.78 Å². The van der Waals surface area contributed by atoms with Gasteiger partial charge in [0.25, 0.3) is 0 Å². The van der Waals surface area contributed by atoms with Crippen molar-refractivity contribution in [1.82, 2.24) is 9.97 Å². The van der Waals surface area contributed by atoms with Gasteiger partial charge in [-0.1, -0.05) is 0 Å². The van der Waals surface area contributed by atoms with E-state index < -0.39 is 11.6 Å². The highest BCUT2D eigenvalue weighted by atomic mass is 19.1. The van der Waals surface area contributed by atoms with E-state index >= 15 is 0 Å². The van der Waals surface area contributed by atoms with Gasteiger partial charge in [0.2, 0.25) is 0 Å². The first kappa shape index (κ1) is 14.7. The predicted molar refractivity (Wildman–Crippen MR) is 83.4 cm³/mol. The number of unbranched alkanes of at least 4 members (excludes halogenated alkanes) is 1. The maximum atomic E-state index is 14.0. The number of aryl methyl sites for hydroxylation is 1. The first-order valence-corrected chi connectivity index (χ1v) is 7.30. The van der Waals surface area contributed by atoms with Crippen LogP contribution in [0.1, 0.15) is 18.4 Å². The molecule has 3 N–H and O–H groups in total. The Morgan fingerprint density at radius 3 is 2.59 bits per heavy atom. The topological polar surface area (TPSA) is 54.7 Å². The lowest BCUT2D eigenvalue weighted by atomic mass is 10.0. The molecule has 0 fully saturated rings. The fraction of sp³-hybridized carbons (Fsp3) is 0.235. The van der Waals surface area contributed by atoms with Crippen LogP contribution in [-0.2, 0) is 6.42 Å². The minimum Gasteiger partial charge on any atom is -0.352 e. The number of H-pyrrole nitrogens is 1. The molecule has 2 aromatic heterocycles. The van der Waals surface area contributed by atoms with Crippen LogP contribution in [0.3, 0.4) is 0 Å². The van der Waals surface area contributed by atoms with Gasteiger partial charge in [-0.3, -0.25) is 4.98 Å². The summed E-state index contributed by atoms with van der Waals surface area (Å²) in [6.07, 6.45) is 5.83. The highest BCUT2D eigenvalue weighted by Crippen LogP contribution is 2.33. The third-order valence-electron chi connectivity index (χ3n) is 3.78. The fourth-order valence-electron chi connectivity index (χ4n) is 2.74. The van der Waals surface area contributed by atoms with Crippen molar-refractivity contribution < 1.29 is 8.78 Å². The van der Waals surface area contributed by atoms with Crippen molar-refractivity contribution in [2.45, 2.75) is 19.3 Å². The van der Waals surface area contributed by atoms with E-state index in [1.165, 1.54) is 6.07 Å². The average Bonchev–Trinajstić information content (AvgIpc) is 2.88. The number of hydrogen-bond acceptors (Lipinski definition) is 2. The monoisotopic (exact) mass is 301 g/mol. The Morgan fingerprint density at radius 1 is 1.09 bits per heavy atom. The number of halogens is 2. The second-order valence-electron chi connectivity index (χ2n) is 5.27. The van der Waals surface area contributed by atoms with E-state index in [1.54, 1.807) is 12.4 Å². The van der Waals surface area contributed by atoms with Crippen molar-refractivity contribution in [3.8, 4) is 11.3 Å². The smallest absolute Gasteiger partial charge is 0.150 e. The van der Waals surface area contributed by atoms with Crippen LogP contribution >= 0.6 is 0 Å². The highest BCUT2D eigenvalue weighted by Gasteiger charge is 2.16. The minimum absolute atomic E-state index is 0.343. The van der Waals surface area contributed by atoms with Gasteiger partial charge in [-0.25, -0.2) is 8.78 Å². The maximum absolute atomic E-state index is 14.0. The molecule has 0 aliphatic heterocycles. The minimum atomic E-state index is -0.574. The first-order valence-electron chi connectivity index (χ1n) is 7.30. The van der Waals surface area contributed by atoms with E-state index in [0.29, 0.717) is 17.4 Å². The van der Waals surface area contributed by atoms with Gasteiger partial charge in [0.1, 0.15) is 11.6 Å². The zero-order chi connectivity index (χ0) is 15.5. The molecule has 0 bridgehead atoms. The van der Waals surface area contributed by atoms with E-state index in [1.807, 2.05) is 12.1 Å². The summed E-state index contributed by atoms with van der Waals surface area (Å²) in [5, 5.41) is 0.598. The lowest BCUT2D eigenvalue weighted by Crippen LogP contribution is -1.99. The van der Waals surface area contributed by atoms with Crippen molar-refractivity contribution in [3.05, 3.63) is 53.9 Å². The Kier molecular flexibility index (Phi) is 4.15. The van der Waals surface area contributed by atoms with Crippen molar-refractivity contribution >= 4 is 10.9 Å². The number of hydrogen-bond donors (Lipinski definition) is 2. The summed E-state index contributed by atoms with van der Waals surface area (Å²) in [4.78, 5) is 7.10. The van der Waals surface area contributed by atoms with Crippen LogP contribution in [0.2, 0.25) is 0 Å². The molecular formula is C17H17F2N3. The largest absolute Gasteiger partial charge is 0.352 e. The van der Waals surface area contributed by atoms with Crippen LogP contribution in [-0.4, -0.2) is 16.5 Å². The lowest BCUT2D eigenvalue weighted by Gasteiger charge is -2.05. The summed E-state index contributed by atoms with van der Waals surface area (Å²) >= 11 is 0. The number of aromatic amines is 1. The summed E-state index contributed by atoms with van der Waals surface area (Å²) < 4.78 is 27.6. The van der Waals surface area contributed by atoms with Gasteiger partial charge in [0.05, 0.1) is 5.52 Å². The molecule has 114 valence electrons. The van der Waals surface area contributed by atoms with E-state index in [0.717, 1.165) is 42.1 Å². The number of nitrogens with two attached hydrogens (primary N) is 1. The second kappa shape index (κ2) is 6.23. The molecule has 0 amide bonds. The fourth-order valence-corrected chi connectivity index (χ4v) is 2.74. The molecule has 22 heavy (non-hydrogen) atoms. The average molecular weight is 301 g/mol. The molecule has 0 saturated heterocycles. The molecule has 0 saturated carbocycles. The molecule has 0 aliphatic carbocycles. The second-order valence-corrected chi connectivity index (χ2v) is 5.27.